The van der Waals surface area contributed by atoms with Gasteiger partial charge in [0.25, 0.3) is 0 Å². The van der Waals surface area contributed by atoms with Crippen molar-refractivity contribution >= 4 is 34.6 Å². The molecule has 3 aromatic rings. The summed E-state index contributed by atoms with van der Waals surface area (Å²) in [7, 11) is 1.46. The lowest BCUT2D eigenvalue weighted by Crippen LogP contribution is -2.47. The first-order valence-electron chi connectivity index (χ1n) is 10.0. The molecule has 0 spiro atoms. The van der Waals surface area contributed by atoms with Crippen LogP contribution in [0.5, 0.6) is 5.75 Å². The number of fused-ring (bicyclic) bond motifs is 1. The van der Waals surface area contributed by atoms with Crippen LogP contribution in [0.4, 0.5) is 15.8 Å². The average Bonchev–Trinajstić information content (AvgIpc) is 3.19. The predicted octanol–water partition coefficient (Wildman–Crippen LogP) is 5.37. The molecule has 8 heteroatoms. The van der Waals surface area contributed by atoms with Crippen LogP contribution in [0.25, 0.3) is 11.1 Å². The van der Waals surface area contributed by atoms with E-state index in [4.69, 9.17) is 9.47 Å². The van der Waals surface area contributed by atoms with E-state index in [1.54, 1.807) is 26.0 Å². The van der Waals surface area contributed by atoms with Crippen LogP contribution in [-0.2, 0) is 16.1 Å². The van der Waals surface area contributed by atoms with Crippen LogP contribution in [0.1, 0.15) is 34.0 Å². The minimum absolute atomic E-state index is 0.0861. The number of carbonyl (C=O) groups is 2. The summed E-state index contributed by atoms with van der Waals surface area (Å²) in [6, 6.07) is 11.5. The van der Waals surface area contributed by atoms with Gasteiger partial charge in [-0.2, -0.15) is 0 Å². The molecule has 1 amide bonds. The molecule has 0 atom stereocenters. The van der Waals surface area contributed by atoms with Gasteiger partial charge in [0.05, 0.1) is 18.5 Å². The number of benzene rings is 2. The molecule has 1 aromatic heterocycles. The highest BCUT2D eigenvalue weighted by Gasteiger charge is 2.35. The van der Waals surface area contributed by atoms with E-state index < -0.39 is 17.3 Å². The summed E-state index contributed by atoms with van der Waals surface area (Å²) in [4.78, 5) is 26.7. The number of hydrogen-bond donors (Lipinski definition) is 2. The number of carbonyl (C=O) groups excluding carboxylic acids is 2. The zero-order chi connectivity index (χ0) is 23.0. The number of halogens is 1. The summed E-state index contributed by atoms with van der Waals surface area (Å²) >= 11 is 1.35. The summed E-state index contributed by atoms with van der Waals surface area (Å²) in [6.45, 7) is 5.39. The molecule has 2 heterocycles. The molecule has 0 saturated carbocycles. The van der Waals surface area contributed by atoms with E-state index in [-0.39, 0.29) is 12.5 Å². The van der Waals surface area contributed by atoms with E-state index in [9.17, 15) is 14.0 Å². The van der Waals surface area contributed by atoms with Gasteiger partial charge in [-0.3, -0.25) is 4.79 Å². The van der Waals surface area contributed by atoms with Crippen molar-refractivity contribution in [2.75, 3.05) is 17.7 Å². The Morgan fingerprint density at radius 1 is 1.12 bits per heavy atom. The van der Waals surface area contributed by atoms with Crippen molar-refractivity contribution in [3.8, 4) is 16.9 Å². The Bertz CT molecular complexity index is 1220. The highest BCUT2D eigenvalue weighted by Crippen LogP contribution is 2.42. The number of nitrogens with one attached hydrogen (secondary N) is 2. The van der Waals surface area contributed by atoms with Crippen molar-refractivity contribution in [3.05, 3.63) is 63.6 Å². The minimum atomic E-state index is -0.801. The molecule has 6 nitrogen and oxygen atoms in total. The zero-order valence-corrected chi connectivity index (χ0v) is 19.0. The number of thiophene rings is 1. The molecular formula is C24H23FN2O4S. The first kappa shape index (κ1) is 21.8. The Morgan fingerprint density at radius 3 is 2.56 bits per heavy atom. The Morgan fingerprint density at radius 2 is 1.88 bits per heavy atom. The van der Waals surface area contributed by atoms with Crippen LogP contribution in [0.3, 0.4) is 0 Å². The van der Waals surface area contributed by atoms with Gasteiger partial charge in [-0.15, -0.1) is 11.3 Å². The standard InChI is InChI=1S/C24H23FN2O4S/c1-13-5-10-20(32-13)22(28)31-12-17-15(16-7-6-14(25)11-19(16)30-4)8-9-18-21(17)26-23(29)24(2,3)27-18/h5-11,27H,12H2,1-4H3,(H,26,29). The van der Waals surface area contributed by atoms with E-state index in [1.807, 2.05) is 25.1 Å². The van der Waals surface area contributed by atoms with E-state index >= 15 is 0 Å². The fraction of sp³-hybridized carbons (Fsp3) is 0.250. The Labute approximate surface area is 189 Å². The Hall–Kier alpha value is -3.39. The molecule has 0 bridgehead atoms. The summed E-state index contributed by atoms with van der Waals surface area (Å²) in [5.74, 6) is -0.758. The van der Waals surface area contributed by atoms with E-state index in [0.717, 1.165) is 4.88 Å². The van der Waals surface area contributed by atoms with Crippen LogP contribution >= 0.6 is 11.3 Å². The number of hydrogen-bond acceptors (Lipinski definition) is 6. The number of rotatable bonds is 5. The Balaban J connectivity index is 1.79. The highest BCUT2D eigenvalue weighted by atomic mass is 32.1. The monoisotopic (exact) mass is 454 g/mol. The van der Waals surface area contributed by atoms with Crippen LogP contribution < -0.4 is 15.4 Å². The molecule has 0 saturated heterocycles. The lowest BCUT2D eigenvalue weighted by Gasteiger charge is -2.34. The molecule has 1 aliphatic heterocycles. The fourth-order valence-electron chi connectivity index (χ4n) is 3.60. The van der Waals surface area contributed by atoms with E-state index in [1.165, 1.54) is 30.6 Å². The SMILES string of the molecule is COc1cc(F)ccc1-c1ccc2c(c1COC(=O)c1ccc(C)s1)NC(=O)C(C)(C)N2. The third-order valence-corrected chi connectivity index (χ3v) is 6.29. The third kappa shape index (κ3) is 4.05. The van der Waals surface area contributed by atoms with Gasteiger partial charge in [0, 0.05) is 22.1 Å². The molecule has 166 valence electrons. The summed E-state index contributed by atoms with van der Waals surface area (Å²) < 4.78 is 24.8. The smallest absolute Gasteiger partial charge is 0.348 e. The van der Waals surface area contributed by atoms with Crippen LogP contribution in [0.2, 0.25) is 0 Å². The van der Waals surface area contributed by atoms with Crippen molar-refractivity contribution in [1.29, 1.82) is 0 Å². The van der Waals surface area contributed by atoms with Crippen molar-refractivity contribution in [2.45, 2.75) is 32.9 Å². The number of amides is 1. The summed E-state index contributed by atoms with van der Waals surface area (Å²) in [5, 5.41) is 6.16. The van der Waals surface area contributed by atoms with Gasteiger partial charge >= 0.3 is 5.97 Å². The summed E-state index contributed by atoms with van der Waals surface area (Å²) in [6.07, 6.45) is 0. The maximum absolute atomic E-state index is 13.8. The predicted molar refractivity (Wildman–Crippen MR) is 123 cm³/mol. The lowest BCUT2D eigenvalue weighted by atomic mass is 9.93. The molecular weight excluding hydrogens is 431 g/mol. The second kappa shape index (κ2) is 8.27. The van der Waals surface area contributed by atoms with E-state index in [0.29, 0.717) is 38.7 Å². The van der Waals surface area contributed by atoms with Gasteiger partial charge < -0.3 is 20.1 Å². The van der Waals surface area contributed by atoms with Crippen LogP contribution in [0, 0.1) is 12.7 Å². The third-order valence-electron chi connectivity index (χ3n) is 5.31. The average molecular weight is 455 g/mol. The lowest BCUT2D eigenvalue weighted by molar-refractivity contribution is -0.119. The number of ether oxygens (including phenoxy) is 2. The molecule has 2 aromatic carbocycles. The second-order valence-corrected chi connectivity index (χ2v) is 9.34. The fourth-order valence-corrected chi connectivity index (χ4v) is 4.36. The number of aryl methyl sites for hydroxylation is 1. The molecule has 0 aliphatic carbocycles. The number of methoxy groups -OCH3 is 1. The molecule has 0 fully saturated rings. The van der Waals surface area contributed by atoms with Gasteiger partial charge in [0.1, 0.15) is 28.6 Å². The van der Waals surface area contributed by atoms with Crippen molar-refractivity contribution in [1.82, 2.24) is 0 Å². The topological polar surface area (TPSA) is 76.7 Å². The summed E-state index contributed by atoms with van der Waals surface area (Å²) in [5.41, 5.74) is 2.30. The Kier molecular flexibility index (Phi) is 5.64. The van der Waals surface area contributed by atoms with Crippen LogP contribution in [0.15, 0.2) is 42.5 Å². The van der Waals surface area contributed by atoms with Gasteiger partial charge in [0.2, 0.25) is 5.91 Å². The minimum Gasteiger partial charge on any atom is -0.496 e. The zero-order valence-electron chi connectivity index (χ0n) is 18.2. The van der Waals surface area contributed by atoms with Crippen molar-refractivity contribution in [2.24, 2.45) is 0 Å². The molecule has 0 radical (unpaired) electrons. The maximum Gasteiger partial charge on any atom is 0.348 e. The van der Waals surface area contributed by atoms with Crippen molar-refractivity contribution in [3.63, 3.8) is 0 Å². The van der Waals surface area contributed by atoms with Crippen molar-refractivity contribution < 1.29 is 23.5 Å². The molecule has 4 rings (SSSR count). The van der Waals surface area contributed by atoms with Gasteiger partial charge in [-0.25, -0.2) is 9.18 Å². The van der Waals surface area contributed by atoms with Gasteiger partial charge in [0.15, 0.2) is 0 Å². The molecule has 2 N–H and O–H groups in total. The first-order valence-corrected chi connectivity index (χ1v) is 10.8. The number of esters is 1. The van der Waals surface area contributed by atoms with Crippen LogP contribution in [-0.4, -0.2) is 24.5 Å². The molecule has 1 aliphatic rings. The normalized spacial score (nSPS) is 14.2. The molecule has 0 unspecified atom stereocenters. The largest absolute Gasteiger partial charge is 0.496 e. The van der Waals surface area contributed by atoms with E-state index in [2.05, 4.69) is 10.6 Å². The van der Waals surface area contributed by atoms with Gasteiger partial charge in [-0.05, 0) is 56.7 Å². The second-order valence-electron chi connectivity index (χ2n) is 8.05. The number of anilines is 2. The first-order chi connectivity index (χ1) is 15.2. The highest BCUT2D eigenvalue weighted by molar-refractivity contribution is 7.13. The quantitative estimate of drug-likeness (QED) is 0.507. The maximum atomic E-state index is 13.8. The van der Waals surface area contributed by atoms with Gasteiger partial charge in [-0.1, -0.05) is 6.07 Å². The molecule has 32 heavy (non-hydrogen) atoms.